The highest BCUT2D eigenvalue weighted by Crippen LogP contribution is 2.52. The molecule has 2 aromatic heterocycles. The van der Waals surface area contributed by atoms with Gasteiger partial charge in [0.2, 0.25) is 11.9 Å². The fourth-order valence-corrected chi connectivity index (χ4v) is 8.19. The average Bonchev–Trinajstić information content (AvgIpc) is 3.61. The van der Waals surface area contributed by atoms with Crippen molar-refractivity contribution in [1.82, 2.24) is 19.9 Å². The summed E-state index contributed by atoms with van der Waals surface area (Å²) in [5, 5.41) is 20.1. The van der Waals surface area contributed by atoms with E-state index < -0.39 is 0 Å². The molecule has 3 aliphatic heterocycles. The molecule has 12 heteroatoms. The number of ether oxygens (including phenoxy) is 2. The van der Waals surface area contributed by atoms with Crippen LogP contribution in [0.15, 0.2) is 0 Å². The number of aromatic nitrogens is 3. The Kier molecular flexibility index (Phi) is 6.88. The van der Waals surface area contributed by atoms with Crippen LogP contribution in [0.1, 0.15) is 54.5 Å². The molecule has 0 amide bonds. The van der Waals surface area contributed by atoms with E-state index in [4.69, 9.17) is 30.2 Å². The predicted molar refractivity (Wildman–Crippen MR) is 155 cm³/mol. The minimum Gasteiger partial charge on any atom is -0.463 e. The lowest BCUT2D eigenvalue weighted by Crippen LogP contribution is -2.59. The lowest BCUT2D eigenvalue weighted by atomic mass is 9.74. The number of hydrogen-bond donors (Lipinski definition) is 1. The first kappa shape index (κ1) is 26.7. The molecule has 1 saturated carbocycles. The van der Waals surface area contributed by atoms with Crippen LogP contribution in [0.5, 0.6) is 6.01 Å². The average molecular weight is 576 g/mol. The number of morpholine rings is 1. The van der Waals surface area contributed by atoms with Crippen LogP contribution in [0.3, 0.4) is 0 Å². The van der Waals surface area contributed by atoms with Crippen molar-refractivity contribution in [3.8, 4) is 18.1 Å². The SMILES string of the molecule is N#Cc1c(N)sc2c1C1(CC2)CN(c2nc(OCC3(CN4CCOCC4)CC3)nc(N3CCCCC(C#N)C3)n2)C1. The lowest BCUT2D eigenvalue weighted by molar-refractivity contribution is 0.0231. The van der Waals surface area contributed by atoms with E-state index in [9.17, 15) is 10.5 Å². The molecule has 4 fully saturated rings. The summed E-state index contributed by atoms with van der Waals surface area (Å²) in [6, 6.07) is 5.18. The second-order valence-corrected chi connectivity index (χ2v) is 13.7. The van der Waals surface area contributed by atoms with Gasteiger partial charge in [-0.05, 0) is 44.1 Å². The van der Waals surface area contributed by atoms with Crippen LogP contribution < -0.4 is 20.3 Å². The fraction of sp³-hybridized carbons (Fsp3) is 0.690. The zero-order chi connectivity index (χ0) is 28.0. The second kappa shape index (κ2) is 10.6. The van der Waals surface area contributed by atoms with Gasteiger partial charge in [0.15, 0.2) is 0 Å². The molecule has 216 valence electrons. The Morgan fingerprint density at radius 1 is 1.02 bits per heavy atom. The first-order chi connectivity index (χ1) is 20.0. The number of thiophene rings is 1. The molecule has 0 bridgehead atoms. The summed E-state index contributed by atoms with van der Waals surface area (Å²) in [5.74, 6) is 1.17. The molecule has 1 atom stereocenters. The maximum Gasteiger partial charge on any atom is 0.323 e. The molecule has 3 saturated heterocycles. The molecule has 2 aliphatic carbocycles. The molecule has 1 unspecified atom stereocenters. The summed E-state index contributed by atoms with van der Waals surface area (Å²) < 4.78 is 11.9. The van der Waals surface area contributed by atoms with Crippen molar-refractivity contribution in [3.63, 3.8) is 0 Å². The van der Waals surface area contributed by atoms with E-state index in [1.807, 2.05) is 0 Å². The van der Waals surface area contributed by atoms with Crippen molar-refractivity contribution < 1.29 is 9.47 Å². The van der Waals surface area contributed by atoms with Crippen LogP contribution in [0.4, 0.5) is 16.9 Å². The summed E-state index contributed by atoms with van der Waals surface area (Å²) in [6.07, 6.45) is 7.21. The van der Waals surface area contributed by atoms with E-state index in [1.54, 1.807) is 11.3 Å². The lowest BCUT2D eigenvalue weighted by Gasteiger charge is -2.48. The molecule has 5 aliphatic rings. The second-order valence-electron chi connectivity index (χ2n) is 12.6. The Labute approximate surface area is 244 Å². The van der Waals surface area contributed by atoms with Crippen molar-refractivity contribution in [2.75, 3.05) is 81.2 Å². The summed E-state index contributed by atoms with van der Waals surface area (Å²) >= 11 is 1.56. The Balaban J connectivity index is 1.13. The number of nitrogens with zero attached hydrogens (tertiary/aromatic N) is 8. The van der Waals surface area contributed by atoms with E-state index in [0.717, 1.165) is 103 Å². The van der Waals surface area contributed by atoms with Gasteiger partial charge in [-0.15, -0.1) is 11.3 Å². The van der Waals surface area contributed by atoms with Gasteiger partial charge in [0, 0.05) is 61.5 Å². The molecule has 2 N–H and O–H groups in total. The minimum absolute atomic E-state index is 0.0389. The standard InChI is InChI=1S/C29H37N9O2S/c30-13-20-3-1-2-8-37(15-20)25-33-26(38-17-29(18-38)5-4-22-23(29)21(14-31)24(32)41-22)35-27(34-25)40-19-28(6-7-28)16-36-9-11-39-12-10-36/h20H,1-12,15-19,32H2. The Morgan fingerprint density at radius 2 is 1.80 bits per heavy atom. The molecule has 7 rings (SSSR count). The molecule has 0 aromatic carbocycles. The van der Waals surface area contributed by atoms with Crippen molar-refractivity contribution in [3.05, 3.63) is 16.0 Å². The number of rotatable bonds is 7. The first-order valence-corrected chi connectivity index (χ1v) is 15.7. The minimum atomic E-state index is -0.0763. The zero-order valence-electron chi connectivity index (χ0n) is 23.5. The third-order valence-electron chi connectivity index (χ3n) is 9.61. The highest BCUT2D eigenvalue weighted by Gasteiger charge is 2.52. The third kappa shape index (κ3) is 5.07. The van der Waals surface area contributed by atoms with Gasteiger partial charge in [-0.3, -0.25) is 4.90 Å². The van der Waals surface area contributed by atoms with Crippen molar-refractivity contribution >= 4 is 28.2 Å². The number of hydrogen-bond acceptors (Lipinski definition) is 12. The van der Waals surface area contributed by atoms with Gasteiger partial charge < -0.3 is 25.0 Å². The molecule has 2 aromatic rings. The maximum absolute atomic E-state index is 9.80. The van der Waals surface area contributed by atoms with Crippen molar-refractivity contribution in [1.29, 1.82) is 10.5 Å². The smallest absolute Gasteiger partial charge is 0.323 e. The van der Waals surface area contributed by atoms with Crippen LogP contribution in [0.25, 0.3) is 0 Å². The highest BCUT2D eigenvalue weighted by atomic mass is 32.1. The van der Waals surface area contributed by atoms with Gasteiger partial charge in [-0.1, -0.05) is 6.42 Å². The molecular weight excluding hydrogens is 538 g/mol. The van der Waals surface area contributed by atoms with Crippen LogP contribution >= 0.6 is 11.3 Å². The first-order valence-electron chi connectivity index (χ1n) is 14.9. The van der Waals surface area contributed by atoms with E-state index >= 15 is 0 Å². The zero-order valence-corrected chi connectivity index (χ0v) is 24.3. The Bertz CT molecular complexity index is 1380. The number of anilines is 3. The quantitative estimate of drug-likeness (QED) is 0.521. The van der Waals surface area contributed by atoms with Gasteiger partial charge >= 0.3 is 6.01 Å². The van der Waals surface area contributed by atoms with Crippen molar-refractivity contribution in [2.45, 2.75) is 50.4 Å². The van der Waals surface area contributed by atoms with Gasteiger partial charge in [-0.2, -0.15) is 25.5 Å². The van der Waals surface area contributed by atoms with Gasteiger partial charge in [0.05, 0.1) is 37.4 Å². The largest absolute Gasteiger partial charge is 0.463 e. The number of nitriles is 2. The number of fused-ring (bicyclic) bond motifs is 2. The Hall–Kier alpha value is -3.19. The molecule has 41 heavy (non-hydrogen) atoms. The molecule has 5 heterocycles. The van der Waals surface area contributed by atoms with Gasteiger partial charge in [0.25, 0.3) is 0 Å². The highest BCUT2D eigenvalue weighted by molar-refractivity contribution is 7.16. The van der Waals surface area contributed by atoms with Crippen LogP contribution in [-0.4, -0.2) is 85.5 Å². The van der Waals surface area contributed by atoms with Crippen LogP contribution in [0.2, 0.25) is 0 Å². The fourth-order valence-electron chi connectivity index (χ4n) is 7.05. The van der Waals surface area contributed by atoms with Crippen LogP contribution in [-0.2, 0) is 16.6 Å². The maximum atomic E-state index is 9.80. The number of nitrogen functional groups attached to an aromatic ring is 1. The summed E-state index contributed by atoms with van der Waals surface area (Å²) in [4.78, 5) is 22.6. The molecular formula is C29H37N9O2S. The molecule has 11 nitrogen and oxygen atoms in total. The normalized spacial score (nSPS) is 24.7. The van der Waals surface area contributed by atoms with Gasteiger partial charge in [-0.25, -0.2) is 0 Å². The van der Waals surface area contributed by atoms with Gasteiger partial charge in [0.1, 0.15) is 11.1 Å². The summed E-state index contributed by atoms with van der Waals surface area (Å²) in [7, 11) is 0. The number of nitrogens with two attached hydrogens (primary N) is 1. The van der Waals surface area contributed by atoms with E-state index in [1.165, 1.54) is 4.88 Å². The topological polar surface area (TPSA) is 140 Å². The summed E-state index contributed by atoms with van der Waals surface area (Å²) in [5.41, 5.74) is 8.07. The number of aryl methyl sites for hydroxylation is 1. The molecule has 0 radical (unpaired) electrons. The van der Waals surface area contributed by atoms with E-state index in [2.05, 4.69) is 26.8 Å². The monoisotopic (exact) mass is 575 g/mol. The van der Waals surface area contributed by atoms with Crippen LogP contribution in [0, 0.1) is 34.0 Å². The summed E-state index contributed by atoms with van der Waals surface area (Å²) in [6.45, 7) is 8.05. The van der Waals surface area contributed by atoms with Crippen molar-refractivity contribution in [2.24, 2.45) is 11.3 Å². The molecule has 1 spiro atoms. The van der Waals surface area contributed by atoms with E-state index in [-0.39, 0.29) is 16.7 Å². The van der Waals surface area contributed by atoms with E-state index in [0.29, 0.717) is 41.6 Å². The Morgan fingerprint density at radius 3 is 2.54 bits per heavy atom. The third-order valence-corrected chi connectivity index (χ3v) is 10.7. The predicted octanol–water partition coefficient (Wildman–Crippen LogP) is 2.71.